The van der Waals surface area contributed by atoms with Crippen molar-refractivity contribution in [2.45, 2.75) is 10.4 Å². The fourth-order valence-electron chi connectivity index (χ4n) is 1.90. The van der Waals surface area contributed by atoms with Gasteiger partial charge in [0.05, 0.1) is 12.8 Å². The maximum Gasteiger partial charge on any atom is 0.323 e. The normalized spacial score (nSPS) is 12.0. The van der Waals surface area contributed by atoms with Gasteiger partial charge in [0.1, 0.15) is 11.0 Å². The Morgan fingerprint density at radius 2 is 2.13 bits per heavy atom. The number of carbonyl (C=O) groups is 1. The lowest BCUT2D eigenvalue weighted by Gasteiger charge is -2.12. The van der Waals surface area contributed by atoms with Gasteiger partial charge in [0.2, 0.25) is 5.16 Å². The third-order valence-corrected chi connectivity index (χ3v) is 4.89. The van der Waals surface area contributed by atoms with Crippen LogP contribution in [0.5, 0.6) is 5.75 Å². The summed E-state index contributed by atoms with van der Waals surface area (Å²) in [6.45, 7) is 0. The second kappa shape index (κ2) is 6.80. The van der Waals surface area contributed by atoms with Gasteiger partial charge in [-0.2, -0.15) is 16.0 Å². The van der Waals surface area contributed by atoms with Crippen LogP contribution in [-0.4, -0.2) is 38.4 Å². The SMILES string of the molecule is COC(=O)[C@H](Sc1nnnn1-c1ccc(O)cc1)c1ccsc1. The Kier molecular flexibility index (Phi) is 4.58. The van der Waals surface area contributed by atoms with Crippen molar-refractivity contribution in [1.29, 1.82) is 0 Å². The highest BCUT2D eigenvalue weighted by molar-refractivity contribution is 8.00. The second-order valence-electron chi connectivity index (χ2n) is 4.47. The van der Waals surface area contributed by atoms with E-state index < -0.39 is 5.25 Å². The van der Waals surface area contributed by atoms with Gasteiger partial charge in [-0.15, -0.1) is 5.10 Å². The number of tetrazole rings is 1. The summed E-state index contributed by atoms with van der Waals surface area (Å²) in [6, 6.07) is 8.33. The monoisotopic (exact) mass is 348 g/mol. The number of hydrogen-bond donors (Lipinski definition) is 1. The highest BCUT2D eigenvalue weighted by Gasteiger charge is 2.26. The molecular formula is C14H12N4O3S2. The van der Waals surface area contributed by atoms with Crippen molar-refractivity contribution >= 4 is 29.1 Å². The van der Waals surface area contributed by atoms with E-state index in [4.69, 9.17) is 4.74 Å². The molecule has 0 bridgehead atoms. The third kappa shape index (κ3) is 3.35. The first-order valence-electron chi connectivity index (χ1n) is 6.53. The molecule has 1 N–H and O–H groups in total. The molecule has 2 heterocycles. The standard InChI is InChI=1S/C14H12N4O3S2/c1-21-13(20)12(9-6-7-22-8-9)23-14-15-16-17-18(14)10-2-4-11(19)5-3-10/h2-8,12,19H,1H3/t12-/m1/s1. The zero-order chi connectivity index (χ0) is 16.2. The molecule has 0 fully saturated rings. The van der Waals surface area contributed by atoms with E-state index in [0.717, 1.165) is 5.56 Å². The van der Waals surface area contributed by atoms with Gasteiger partial charge in [-0.3, -0.25) is 4.79 Å². The summed E-state index contributed by atoms with van der Waals surface area (Å²) in [6.07, 6.45) is 0. The Labute approximate surface area is 139 Å². The molecule has 0 aliphatic carbocycles. The number of carbonyl (C=O) groups excluding carboxylic acids is 1. The van der Waals surface area contributed by atoms with Crippen molar-refractivity contribution in [1.82, 2.24) is 20.2 Å². The fraction of sp³-hybridized carbons (Fsp3) is 0.143. The number of aromatic hydroxyl groups is 1. The summed E-state index contributed by atoms with van der Waals surface area (Å²) in [5, 5.41) is 24.7. The van der Waals surface area contributed by atoms with Crippen LogP contribution in [0.2, 0.25) is 0 Å². The summed E-state index contributed by atoms with van der Waals surface area (Å²) in [5.74, 6) is -0.213. The van der Waals surface area contributed by atoms with Gasteiger partial charge in [-0.05, 0) is 57.1 Å². The van der Waals surface area contributed by atoms with Crippen molar-refractivity contribution in [2.75, 3.05) is 7.11 Å². The predicted molar refractivity (Wildman–Crippen MR) is 85.8 cm³/mol. The fourth-order valence-corrected chi connectivity index (χ4v) is 3.68. The number of thioether (sulfide) groups is 1. The number of aromatic nitrogens is 4. The van der Waals surface area contributed by atoms with E-state index in [1.54, 1.807) is 24.3 Å². The number of methoxy groups -OCH3 is 1. The Morgan fingerprint density at radius 1 is 1.35 bits per heavy atom. The molecule has 0 unspecified atom stereocenters. The van der Waals surface area contributed by atoms with Gasteiger partial charge in [-0.25, -0.2) is 0 Å². The van der Waals surface area contributed by atoms with E-state index in [2.05, 4.69) is 15.5 Å². The van der Waals surface area contributed by atoms with E-state index in [1.807, 2.05) is 16.8 Å². The minimum Gasteiger partial charge on any atom is -0.508 e. The summed E-state index contributed by atoms with van der Waals surface area (Å²) >= 11 is 2.71. The van der Waals surface area contributed by atoms with Crippen LogP contribution < -0.4 is 0 Å². The smallest absolute Gasteiger partial charge is 0.323 e. The van der Waals surface area contributed by atoms with Gasteiger partial charge in [-0.1, -0.05) is 11.8 Å². The Bertz CT molecular complexity index is 787. The van der Waals surface area contributed by atoms with Crippen LogP contribution in [0.1, 0.15) is 10.8 Å². The number of hydrogen-bond acceptors (Lipinski definition) is 8. The zero-order valence-electron chi connectivity index (χ0n) is 12.0. The van der Waals surface area contributed by atoms with Crippen LogP contribution in [0, 0.1) is 0 Å². The predicted octanol–water partition coefficient (Wildman–Crippen LogP) is 2.44. The maximum atomic E-state index is 12.1. The Hall–Kier alpha value is -2.39. The quantitative estimate of drug-likeness (QED) is 0.559. The minimum atomic E-state index is -0.548. The molecule has 0 aliphatic heterocycles. The van der Waals surface area contributed by atoms with E-state index in [9.17, 15) is 9.90 Å². The molecule has 0 spiro atoms. The van der Waals surface area contributed by atoms with Crippen molar-refractivity contribution in [3.8, 4) is 11.4 Å². The number of rotatable bonds is 5. The molecule has 2 aromatic heterocycles. The second-order valence-corrected chi connectivity index (χ2v) is 6.32. The van der Waals surface area contributed by atoms with E-state index >= 15 is 0 Å². The summed E-state index contributed by atoms with van der Waals surface area (Å²) < 4.78 is 6.39. The number of benzene rings is 1. The van der Waals surface area contributed by atoms with Crippen molar-refractivity contribution in [3.05, 3.63) is 46.7 Å². The largest absolute Gasteiger partial charge is 0.508 e. The Balaban J connectivity index is 1.91. The summed E-state index contributed by atoms with van der Waals surface area (Å²) in [7, 11) is 1.35. The van der Waals surface area contributed by atoms with Gasteiger partial charge >= 0.3 is 5.97 Å². The zero-order valence-corrected chi connectivity index (χ0v) is 13.6. The topological polar surface area (TPSA) is 90.1 Å². The molecule has 1 atom stereocenters. The number of ether oxygens (including phenoxy) is 1. The molecule has 7 nitrogen and oxygen atoms in total. The minimum absolute atomic E-state index is 0.154. The van der Waals surface area contributed by atoms with Gasteiger partial charge in [0.25, 0.3) is 0 Å². The van der Waals surface area contributed by atoms with Crippen LogP contribution in [0.15, 0.2) is 46.2 Å². The molecule has 3 aromatic rings. The van der Waals surface area contributed by atoms with Gasteiger partial charge in [0, 0.05) is 0 Å². The lowest BCUT2D eigenvalue weighted by atomic mass is 10.2. The lowest BCUT2D eigenvalue weighted by Crippen LogP contribution is -2.11. The summed E-state index contributed by atoms with van der Waals surface area (Å²) in [5.41, 5.74) is 1.52. The number of nitrogens with zero attached hydrogens (tertiary/aromatic N) is 4. The highest BCUT2D eigenvalue weighted by atomic mass is 32.2. The molecule has 9 heteroatoms. The molecule has 0 saturated carbocycles. The maximum absolute atomic E-state index is 12.1. The highest BCUT2D eigenvalue weighted by Crippen LogP contribution is 2.36. The molecule has 3 rings (SSSR count). The number of phenols is 1. The first-order chi connectivity index (χ1) is 11.2. The van der Waals surface area contributed by atoms with Crippen LogP contribution >= 0.6 is 23.1 Å². The van der Waals surface area contributed by atoms with Crippen molar-refractivity contribution in [2.24, 2.45) is 0 Å². The molecule has 1 aromatic carbocycles. The van der Waals surface area contributed by atoms with E-state index in [1.165, 1.54) is 34.9 Å². The van der Waals surface area contributed by atoms with Crippen molar-refractivity contribution in [3.63, 3.8) is 0 Å². The molecule has 0 radical (unpaired) electrons. The Morgan fingerprint density at radius 3 is 2.78 bits per heavy atom. The number of esters is 1. The van der Waals surface area contributed by atoms with Crippen LogP contribution in [0.4, 0.5) is 0 Å². The molecular weight excluding hydrogens is 336 g/mol. The first-order valence-corrected chi connectivity index (χ1v) is 8.35. The average Bonchev–Trinajstić information content (AvgIpc) is 3.24. The molecule has 0 saturated heterocycles. The van der Waals surface area contributed by atoms with Gasteiger partial charge < -0.3 is 9.84 Å². The molecule has 23 heavy (non-hydrogen) atoms. The third-order valence-electron chi connectivity index (χ3n) is 3.02. The molecule has 0 amide bonds. The molecule has 118 valence electrons. The summed E-state index contributed by atoms with van der Waals surface area (Å²) in [4.78, 5) is 12.1. The van der Waals surface area contributed by atoms with Gasteiger partial charge in [0.15, 0.2) is 0 Å². The molecule has 0 aliphatic rings. The van der Waals surface area contributed by atoms with Crippen molar-refractivity contribution < 1.29 is 14.6 Å². The lowest BCUT2D eigenvalue weighted by molar-refractivity contribution is -0.140. The first kappa shape index (κ1) is 15.5. The van der Waals surface area contributed by atoms with E-state index in [-0.39, 0.29) is 11.7 Å². The number of thiophene rings is 1. The van der Waals surface area contributed by atoms with Crippen LogP contribution in [0.25, 0.3) is 5.69 Å². The number of phenolic OH excluding ortho intramolecular Hbond substituents is 1. The van der Waals surface area contributed by atoms with Crippen LogP contribution in [0.3, 0.4) is 0 Å². The van der Waals surface area contributed by atoms with Crippen LogP contribution in [-0.2, 0) is 9.53 Å². The average molecular weight is 348 g/mol. The van der Waals surface area contributed by atoms with E-state index in [0.29, 0.717) is 10.8 Å².